The Kier molecular flexibility index (Phi) is 6.40. The van der Waals surface area contributed by atoms with Gasteiger partial charge in [0, 0.05) is 38.3 Å². The maximum absolute atomic E-state index is 13.1. The molecule has 1 saturated heterocycles. The van der Waals surface area contributed by atoms with Gasteiger partial charge in [0.25, 0.3) is 5.91 Å². The minimum atomic E-state index is -3.46. The molecule has 2 aliphatic rings. The number of amides is 1. The van der Waals surface area contributed by atoms with E-state index in [0.29, 0.717) is 35.6 Å². The molecular weight excluding hydrogens is 450 g/mol. The fourth-order valence-electron chi connectivity index (χ4n) is 5.02. The first-order valence-corrected chi connectivity index (χ1v) is 13.6. The van der Waals surface area contributed by atoms with Crippen molar-refractivity contribution >= 4 is 27.1 Å². The van der Waals surface area contributed by atoms with Crippen molar-refractivity contribution in [2.24, 2.45) is 5.92 Å². The highest BCUT2D eigenvalue weighted by atomic mass is 32.2. The van der Waals surface area contributed by atoms with Gasteiger partial charge in [-0.2, -0.15) is 4.31 Å². The zero-order chi connectivity index (χ0) is 23.7. The normalized spacial score (nSPS) is 17.9. The van der Waals surface area contributed by atoms with Gasteiger partial charge in [0.1, 0.15) is 11.3 Å². The number of hydrogen-bond acceptors (Lipinski definition) is 5. The van der Waals surface area contributed by atoms with Gasteiger partial charge in [0.2, 0.25) is 10.0 Å². The molecule has 2 aliphatic heterocycles. The highest BCUT2D eigenvalue weighted by Crippen LogP contribution is 2.25. The molecule has 2 aromatic heterocycles. The molecule has 8 nitrogen and oxygen atoms in total. The lowest BCUT2D eigenvalue weighted by molar-refractivity contribution is 0.0943. The Morgan fingerprint density at radius 1 is 1.06 bits per heavy atom. The average Bonchev–Trinajstić information content (AvgIpc) is 3.03. The van der Waals surface area contributed by atoms with Gasteiger partial charge in [-0.3, -0.25) is 4.79 Å². The number of pyridine rings is 1. The highest BCUT2D eigenvalue weighted by molar-refractivity contribution is 7.89. The summed E-state index contributed by atoms with van der Waals surface area (Å²) in [5.74, 6) is 1.12. The van der Waals surface area contributed by atoms with E-state index < -0.39 is 10.0 Å². The van der Waals surface area contributed by atoms with Gasteiger partial charge in [0.05, 0.1) is 10.5 Å². The maximum atomic E-state index is 13.1. The molecule has 0 unspecified atom stereocenters. The lowest BCUT2D eigenvalue weighted by Gasteiger charge is -2.31. The molecule has 1 amide bonds. The quantitative estimate of drug-likeness (QED) is 0.603. The van der Waals surface area contributed by atoms with E-state index in [1.165, 1.54) is 6.42 Å². The number of fused-ring (bicyclic) bond motifs is 3. The number of aryl methyl sites for hydroxylation is 3. The maximum Gasteiger partial charge on any atom is 0.253 e. The van der Waals surface area contributed by atoms with Crippen LogP contribution in [0.3, 0.4) is 0 Å². The fourth-order valence-corrected chi connectivity index (χ4v) is 6.51. The Morgan fingerprint density at radius 3 is 2.59 bits per heavy atom. The molecule has 34 heavy (non-hydrogen) atoms. The van der Waals surface area contributed by atoms with Gasteiger partial charge in [-0.05, 0) is 56.7 Å². The van der Waals surface area contributed by atoms with Crippen molar-refractivity contribution in [1.29, 1.82) is 0 Å². The monoisotopic (exact) mass is 481 g/mol. The molecule has 1 N–H and O–H groups in total. The highest BCUT2D eigenvalue weighted by Gasteiger charge is 2.29. The third kappa shape index (κ3) is 4.46. The van der Waals surface area contributed by atoms with Crippen LogP contribution in [0.15, 0.2) is 41.3 Å². The number of rotatable bonds is 5. The van der Waals surface area contributed by atoms with E-state index >= 15 is 0 Å². The van der Waals surface area contributed by atoms with Crippen LogP contribution in [0.5, 0.6) is 0 Å². The first kappa shape index (κ1) is 23.0. The van der Waals surface area contributed by atoms with Crippen LogP contribution >= 0.6 is 0 Å². The third-order valence-electron chi connectivity index (χ3n) is 6.94. The number of imidazole rings is 1. The standard InChI is InChI=1S/C25H31N5O3S/c1-18-16-21(23-24(27-18)30-13-7-3-6-10-22(30)28-23)25(31)26-17-19-11-14-29(15-12-19)34(32,33)20-8-4-2-5-9-20/h2,4-5,8-9,16,19H,3,6-7,10-15,17H2,1H3,(H,26,31). The van der Waals surface area contributed by atoms with E-state index in [1.54, 1.807) is 28.6 Å². The topological polar surface area (TPSA) is 97.2 Å². The summed E-state index contributed by atoms with van der Waals surface area (Å²) in [6.07, 6.45) is 5.76. The number of benzene rings is 1. The molecule has 0 saturated carbocycles. The summed E-state index contributed by atoms with van der Waals surface area (Å²) >= 11 is 0. The molecule has 180 valence electrons. The molecule has 3 aromatic rings. The van der Waals surface area contributed by atoms with Gasteiger partial charge in [0.15, 0.2) is 5.65 Å². The van der Waals surface area contributed by atoms with Gasteiger partial charge in [-0.1, -0.05) is 24.6 Å². The van der Waals surface area contributed by atoms with Crippen molar-refractivity contribution in [3.05, 3.63) is 53.5 Å². The van der Waals surface area contributed by atoms with Crippen molar-refractivity contribution in [2.45, 2.75) is 56.9 Å². The number of sulfonamides is 1. The number of nitrogens with zero attached hydrogens (tertiary/aromatic N) is 4. The van der Waals surface area contributed by atoms with Crippen molar-refractivity contribution in [1.82, 2.24) is 24.2 Å². The minimum Gasteiger partial charge on any atom is -0.352 e. The van der Waals surface area contributed by atoms with Crippen molar-refractivity contribution in [3.63, 3.8) is 0 Å². The zero-order valence-corrected chi connectivity index (χ0v) is 20.4. The fraction of sp³-hybridized carbons (Fsp3) is 0.480. The lowest BCUT2D eigenvalue weighted by atomic mass is 9.98. The van der Waals surface area contributed by atoms with Gasteiger partial charge in [-0.15, -0.1) is 0 Å². The number of carbonyl (C=O) groups is 1. The largest absolute Gasteiger partial charge is 0.352 e. The average molecular weight is 482 g/mol. The second-order valence-electron chi connectivity index (χ2n) is 9.34. The van der Waals surface area contributed by atoms with Gasteiger partial charge < -0.3 is 9.88 Å². The number of aromatic nitrogens is 3. The predicted molar refractivity (Wildman–Crippen MR) is 130 cm³/mol. The van der Waals surface area contributed by atoms with E-state index in [-0.39, 0.29) is 11.8 Å². The smallest absolute Gasteiger partial charge is 0.253 e. The van der Waals surface area contributed by atoms with E-state index in [9.17, 15) is 13.2 Å². The molecule has 9 heteroatoms. The summed E-state index contributed by atoms with van der Waals surface area (Å²) in [5.41, 5.74) is 2.88. The number of piperidine rings is 1. The van der Waals surface area contributed by atoms with Crippen LogP contribution in [0.4, 0.5) is 0 Å². The first-order valence-electron chi connectivity index (χ1n) is 12.1. The summed E-state index contributed by atoms with van der Waals surface area (Å²) in [6, 6.07) is 10.4. The Bertz CT molecular complexity index is 1300. The van der Waals surface area contributed by atoms with Crippen LogP contribution in [-0.4, -0.2) is 52.8 Å². The van der Waals surface area contributed by atoms with E-state index in [4.69, 9.17) is 9.97 Å². The molecule has 0 aliphatic carbocycles. The minimum absolute atomic E-state index is 0.136. The third-order valence-corrected chi connectivity index (χ3v) is 8.86. The Morgan fingerprint density at radius 2 is 1.82 bits per heavy atom. The summed E-state index contributed by atoms with van der Waals surface area (Å²) < 4.78 is 29.4. The Balaban J connectivity index is 1.24. The van der Waals surface area contributed by atoms with E-state index in [0.717, 1.165) is 55.8 Å². The van der Waals surface area contributed by atoms with Crippen LogP contribution in [0.2, 0.25) is 0 Å². The van der Waals surface area contributed by atoms with Crippen molar-refractivity contribution in [3.8, 4) is 0 Å². The van der Waals surface area contributed by atoms with Crippen LogP contribution in [0.1, 0.15) is 54.0 Å². The summed E-state index contributed by atoms with van der Waals surface area (Å²) in [5, 5.41) is 3.08. The van der Waals surface area contributed by atoms with Gasteiger partial charge >= 0.3 is 0 Å². The molecular formula is C25H31N5O3S. The molecule has 5 rings (SSSR count). The van der Waals surface area contributed by atoms with Crippen LogP contribution in [0, 0.1) is 12.8 Å². The number of carbonyl (C=O) groups excluding carboxylic acids is 1. The summed E-state index contributed by atoms with van der Waals surface area (Å²) in [7, 11) is -3.46. The molecule has 0 radical (unpaired) electrons. The predicted octanol–water partition coefficient (Wildman–Crippen LogP) is 3.30. The van der Waals surface area contributed by atoms with Crippen molar-refractivity contribution < 1.29 is 13.2 Å². The Hall–Kier alpha value is -2.78. The molecule has 0 atom stereocenters. The summed E-state index contributed by atoms with van der Waals surface area (Å²) in [4.78, 5) is 23.0. The number of hydrogen-bond donors (Lipinski definition) is 1. The SMILES string of the molecule is Cc1cc(C(=O)NCC2CCN(S(=O)(=O)c3ccccc3)CC2)c2nc3n(c2n1)CCCCC3. The number of nitrogens with one attached hydrogen (secondary N) is 1. The Labute approximate surface area is 200 Å². The van der Waals surface area contributed by atoms with E-state index in [2.05, 4.69) is 9.88 Å². The first-order chi connectivity index (χ1) is 16.4. The van der Waals surface area contributed by atoms with E-state index in [1.807, 2.05) is 19.1 Å². The molecule has 4 heterocycles. The van der Waals surface area contributed by atoms with Crippen LogP contribution in [-0.2, 0) is 23.0 Å². The van der Waals surface area contributed by atoms with Crippen LogP contribution in [0.25, 0.3) is 11.2 Å². The summed E-state index contributed by atoms with van der Waals surface area (Å²) in [6.45, 7) is 4.26. The van der Waals surface area contributed by atoms with Gasteiger partial charge in [-0.25, -0.2) is 18.4 Å². The molecule has 0 spiro atoms. The molecule has 1 aromatic carbocycles. The van der Waals surface area contributed by atoms with Crippen LogP contribution < -0.4 is 5.32 Å². The van der Waals surface area contributed by atoms with Crippen molar-refractivity contribution in [2.75, 3.05) is 19.6 Å². The zero-order valence-electron chi connectivity index (χ0n) is 19.5. The molecule has 0 bridgehead atoms. The second kappa shape index (κ2) is 9.46. The second-order valence-corrected chi connectivity index (χ2v) is 11.3. The molecule has 1 fully saturated rings. The lowest BCUT2D eigenvalue weighted by Crippen LogP contribution is -2.41.